The zero-order valence-corrected chi connectivity index (χ0v) is 11.6. The molecule has 0 amide bonds. The Bertz CT molecular complexity index is 264. The van der Waals surface area contributed by atoms with E-state index >= 15 is 0 Å². The molecule has 0 aromatic carbocycles. The van der Waals surface area contributed by atoms with E-state index in [0.29, 0.717) is 5.92 Å². The first kappa shape index (κ1) is 12.9. The Morgan fingerprint density at radius 1 is 1.06 bits per heavy atom. The van der Waals surface area contributed by atoms with Gasteiger partial charge >= 0.3 is 0 Å². The van der Waals surface area contributed by atoms with E-state index in [1.165, 1.54) is 38.5 Å². The van der Waals surface area contributed by atoms with E-state index in [1.807, 2.05) is 0 Å². The van der Waals surface area contributed by atoms with Crippen molar-refractivity contribution in [1.29, 1.82) is 0 Å². The van der Waals surface area contributed by atoms with E-state index in [1.54, 1.807) is 7.11 Å². The standard InChI is InChI=1S/C15H27NO/c1-11-8-12(2)10-13(9-11)14-6-4-5-7-16-15(14)17-3/h11-14H,4-10H2,1-3H3. The Kier molecular flexibility index (Phi) is 4.47. The van der Waals surface area contributed by atoms with Crippen molar-refractivity contribution < 1.29 is 4.74 Å². The van der Waals surface area contributed by atoms with Crippen molar-refractivity contribution in [2.45, 2.75) is 52.4 Å². The molecule has 98 valence electrons. The maximum absolute atomic E-state index is 5.56. The fraction of sp³-hybridized carbons (Fsp3) is 0.933. The highest BCUT2D eigenvalue weighted by Crippen LogP contribution is 2.39. The number of hydrogen-bond donors (Lipinski definition) is 0. The van der Waals surface area contributed by atoms with Gasteiger partial charge < -0.3 is 4.74 Å². The van der Waals surface area contributed by atoms with Gasteiger partial charge in [-0.05, 0) is 49.9 Å². The van der Waals surface area contributed by atoms with Crippen molar-refractivity contribution in [2.24, 2.45) is 28.7 Å². The maximum Gasteiger partial charge on any atom is 0.186 e. The molecule has 2 heteroatoms. The number of hydrogen-bond acceptors (Lipinski definition) is 2. The first-order valence-corrected chi connectivity index (χ1v) is 7.29. The third-order valence-corrected chi connectivity index (χ3v) is 4.50. The molecule has 0 radical (unpaired) electrons. The lowest BCUT2D eigenvalue weighted by molar-refractivity contribution is 0.170. The summed E-state index contributed by atoms with van der Waals surface area (Å²) in [6.07, 6.45) is 8.00. The van der Waals surface area contributed by atoms with Crippen LogP contribution in [0.4, 0.5) is 0 Å². The van der Waals surface area contributed by atoms with Crippen molar-refractivity contribution in [3.63, 3.8) is 0 Å². The molecule has 0 N–H and O–H groups in total. The minimum atomic E-state index is 0.604. The van der Waals surface area contributed by atoms with Gasteiger partial charge in [-0.15, -0.1) is 0 Å². The van der Waals surface area contributed by atoms with E-state index in [2.05, 4.69) is 18.8 Å². The summed E-state index contributed by atoms with van der Waals surface area (Å²) >= 11 is 0. The zero-order chi connectivity index (χ0) is 12.3. The summed E-state index contributed by atoms with van der Waals surface area (Å²) in [6.45, 7) is 5.78. The van der Waals surface area contributed by atoms with Crippen LogP contribution in [0, 0.1) is 23.7 Å². The topological polar surface area (TPSA) is 21.6 Å². The second kappa shape index (κ2) is 5.88. The summed E-state index contributed by atoms with van der Waals surface area (Å²) in [7, 11) is 1.80. The van der Waals surface area contributed by atoms with Crippen LogP contribution in [0.15, 0.2) is 4.99 Å². The van der Waals surface area contributed by atoms with E-state index in [-0.39, 0.29) is 0 Å². The third-order valence-electron chi connectivity index (χ3n) is 4.50. The maximum atomic E-state index is 5.56. The van der Waals surface area contributed by atoms with Crippen molar-refractivity contribution in [2.75, 3.05) is 13.7 Å². The number of rotatable bonds is 1. The highest BCUT2D eigenvalue weighted by Gasteiger charge is 2.33. The van der Waals surface area contributed by atoms with Crippen LogP contribution >= 0.6 is 0 Å². The highest BCUT2D eigenvalue weighted by molar-refractivity contribution is 5.79. The fourth-order valence-electron chi connectivity index (χ4n) is 3.90. The molecule has 1 saturated carbocycles. The number of nitrogens with zero attached hydrogens (tertiary/aromatic N) is 1. The van der Waals surface area contributed by atoms with Gasteiger partial charge in [0.1, 0.15) is 0 Å². The van der Waals surface area contributed by atoms with Gasteiger partial charge in [0.2, 0.25) is 0 Å². The van der Waals surface area contributed by atoms with Crippen LogP contribution in [0.2, 0.25) is 0 Å². The second-order valence-electron chi connectivity index (χ2n) is 6.20. The Labute approximate surface area is 106 Å². The molecule has 2 rings (SSSR count). The lowest BCUT2D eigenvalue weighted by Gasteiger charge is -2.36. The van der Waals surface area contributed by atoms with Crippen LogP contribution in [0.3, 0.4) is 0 Å². The van der Waals surface area contributed by atoms with Gasteiger partial charge in [-0.2, -0.15) is 0 Å². The summed E-state index contributed by atoms with van der Waals surface area (Å²) in [5.74, 6) is 4.22. The third kappa shape index (κ3) is 3.23. The normalized spacial score (nSPS) is 39.4. The minimum Gasteiger partial charge on any atom is -0.484 e. The van der Waals surface area contributed by atoms with Gasteiger partial charge in [-0.25, -0.2) is 0 Å². The molecule has 1 aliphatic heterocycles. The number of methoxy groups -OCH3 is 1. The lowest BCUT2D eigenvalue weighted by atomic mass is 9.70. The van der Waals surface area contributed by atoms with E-state index in [0.717, 1.165) is 30.2 Å². The minimum absolute atomic E-state index is 0.604. The Hall–Kier alpha value is -0.530. The molecule has 0 spiro atoms. The first-order chi connectivity index (χ1) is 8.20. The average Bonchev–Trinajstić information content (AvgIpc) is 2.52. The Morgan fingerprint density at radius 2 is 1.76 bits per heavy atom. The molecular formula is C15H27NO. The average molecular weight is 237 g/mol. The molecular weight excluding hydrogens is 210 g/mol. The predicted octanol–water partition coefficient (Wildman–Crippen LogP) is 3.90. The zero-order valence-electron chi connectivity index (χ0n) is 11.6. The van der Waals surface area contributed by atoms with Gasteiger partial charge in [0.15, 0.2) is 5.90 Å². The van der Waals surface area contributed by atoms with Crippen molar-refractivity contribution in [3.05, 3.63) is 0 Å². The second-order valence-corrected chi connectivity index (χ2v) is 6.20. The molecule has 3 atom stereocenters. The van der Waals surface area contributed by atoms with Crippen LogP contribution in [0.25, 0.3) is 0 Å². The van der Waals surface area contributed by atoms with Crippen molar-refractivity contribution in [1.82, 2.24) is 0 Å². The molecule has 1 heterocycles. The van der Waals surface area contributed by atoms with Crippen LogP contribution in [0.1, 0.15) is 52.4 Å². The largest absolute Gasteiger partial charge is 0.484 e. The van der Waals surface area contributed by atoms with Crippen LogP contribution in [0.5, 0.6) is 0 Å². The number of ether oxygens (including phenoxy) is 1. The van der Waals surface area contributed by atoms with Gasteiger partial charge in [-0.3, -0.25) is 4.99 Å². The summed E-state index contributed by atoms with van der Waals surface area (Å²) in [6, 6.07) is 0. The fourth-order valence-corrected chi connectivity index (χ4v) is 3.90. The first-order valence-electron chi connectivity index (χ1n) is 7.29. The Balaban J connectivity index is 2.07. The summed E-state index contributed by atoms with van der Waals surface area (Å²) in [5, 5.41) is 0. The van der Waals surface area contributed by atoms with Crippen LogP contribution in [-0.2, 0) is 4.74 Å². The molecule has 2 aliphatic rings. The molecule has 2 nitrogen and oxygen atoms in total. The van der Waals surface area contributed by atoms with Crippen LogP contribution in [-0.4, -0.2) is 19.6 Å². The molecule has 0 aromatic rings. The lowest BCUT2D eigenvalue weighted by Crippen LogP contribution is -2.31. The molecule has 3 unspecified atom stereocenters. The van der Waals surface area contributed by atoms with Gasteiger partial charge in [-0.1, -0.05) is 20.3 Å². The molecule has 0 bridgehead atoms. The number of aliphatic imine (C=N–C) groups is 1. The molecule has 17 heavy (non-hydrogen) atoms. The molecule has 1 aliphatic carbocycles. The SMILES string of the molecule is COC1=NCCCCC1C1CC(C)CC(C)C1. The van der Waals surface area contributed by atoms with E-state index < -0.39 is 0 Å². The van der Waals surface area contributed by atoms with Gasteiger partial charge in [0, 0.05) is 12.5 Å². The van der Waals surface area contributed by atoms with Crippen molar-refractivity contribution in [3.8, 4) is 0 Å². The summed E-state index contributed by atoms with van der Waals surface area (Å²) < 4.78 is 5.56. The van der Waals surface area contributed by atoms with Gasteiger partial charge in [0.05, 0.1) is 7.11 Å². The summed E-state index contributed by atoms with van der Waals surface area (Å²) in [5.41, 5.74) is 0. The smallest absolute Gasteiger partial charge is 0.186 e. The highest BCUT2D eigenvalue weighted by atomic mass is 16.5. The molecule has 0 saturated heterocycles. The quantitative estimate of drug-likeness (QED) is 0.677. The monoisotopic (exact) mass is 237 g/mol. The van der Waals surface area contributed by atoms with Gasteiger partial charge in [0.25, 0.3) is 0 Å². The molecule has 0 aromatic heterocycles. The van der Waals surface area contributed by atoms with Crippen molar-refractivity contribution >= 4 is 5.90 Å². The predicted molar refractivity (Wildman–Crippen MR) is 72.3 cm³/mol. The van der Waals surface area contributed by atoms with E-state index in [4.69, 9.17) is 4.74 Å². The summed E-state index contributed by atoms with van der Waals surface area (Å²) in [4.78, 5) is 4.64. The Morgan fingerprint density at radius 3 is 2.41 bits per heavy atom. The van der Waals surface area contributed by atoms with E-state index in [9.17, 15) is 0 Å². The van der Waals surface area contributed by atoms with Crippen LogP contribution < -0.4 is 0 Å². The molecule has 1 fully saturated rings.